The first kappa shape index (κ1) is 14.2. The third-order valence-electron chi connectivity index (χ3n) is 2.61. The summed E-state index contributed by atoms with van der Waals surface area (Å²) in [6.45, 7) is 5.14. The lowest BCUT2D eigenvalue weighted by Gasteiger charge is -2.16. The van der Waals surface area contributed by atoms with E-state index in [-0.39, 0.29) is 18.3 Å². The summed E-state index contributed by atoms with van der Waals surface area (Å²) in [7, 11) is 0. The Bertz CT molecular complexity index is 600. The van der Waals surface area contributed by atoms with E-state index in [9.17, 15) is 9.90 Å². The van der Waals surface area contributed by atoms with Crippen molar-refractivity contribution >= 4 is 5.97 Å². The van der Waals surface area contributed by atoms with Gasteiger partial charge in [0.1, 0.15) is 5.60 Å². The first-order valence-corrected chi connectivity index (χ1v) is 6.36. The Morgan fingerprint density at radius 2 is 2.00 bits per heavy atom. The summed E-state index contributed by atoms with van der Waals surface area (Å²) in [6, 6.07) is 9.19. The highest BCUT2D eigenvalue weighted by atomic mass is 16.5. The minimum Gasteiger partial charge on any atom is -0.460 e. The molecule has 0 spiro atoms. The topological polar surface area (TPSA) is 77.2 Å². The van der Waals surface area contributed by atoms with E-state index in [1.54, 1.807) is 20.8 Å². The highest BCUT2D eigenvalue weighted by Gasteiger charge is 2.28. The standard InChI is InChI=1S/C14H17N3O3/c1-4-20-12(18)11-15-13(14(2,3)19)17(16-11)10-8-6-5-7-9-10/h5-9,19H,4H2,1-3H3. The molecule has 0 aliphatic rings. The largest absolute Gasteiger partial charge is 0.460 e. The predicted octanol–water partition coefficient (Wildman–Crippen LogP) is 1.67. The lowest BCUT2D eigenvalue weighted by molar-refractivity contribution is 0.0510. The predicted molar refractivity (Wildman–Crippen MR) is 72.6 cm³/mol. The molecule has 0 saturated carbocycles. The van der Waals surface area contributed by atoms with E-state index in [2.05, 4.69) is 10.1 Å². The van der Waals surface area contributed by atoms with Gasteiger partial charge in [0.15, 0.2) is 5.82 Å². The highest BCUT2D eigenvalue weighted by Crippen LogP contribution is 2.21. The molecular weight excluding hydrogens is 258 g/mol. The van der Waals surface area contributed by atoms with Crippen LogP contribution >= 0.6 is 0 Å². The van der Waals surface area contributed by atoms with Gasteiger partial charge in [0, 0.05) is 0 Å². The van der Waals surface area contributed by atoms with Crippen LogP contribution in [0.15, 0.2) is 30.3 Å². The summed E-state index contributed by atoms with van der Waals surface area (Å²) in [5, 5.41) is 14.3. The number of esters is 1. The number of aromatic nitrogens is 3. The number of hydrogen-bond acceptors (Lipinski definition) is 5. The van der Waals surface area contributed by atoms with Crippen LogP contribution in [-0.2, 0) is 10.3 Å². The Hall–Kier alpha value is -2.21. The fourth-order valence-corrected chi connectivity index (χ4v) is 1.74. The summed E-state index contributed by atoms with van der Waals surface area (Å²) < 4.78 is 6.34. The van der Waals surface area contributed by atoms with Crippen LogP contribution in [0.5, 0.6) is 0 Å². The van der Waals surface area contributed by atoms with E-state index in [0.29, 0.717) is 5.69 Å². The third-order valence-corrected chi connectivity index (χ3v) is 2.61. The molecule has 0 aliphatic heterocycles. The van der Waals surface area contributed by atoms with Crippen LogP contribution in [0.25, 0.3) is 5.69 Å². The Morgan fingerprint density at radius 3 is 2.55 bits per heavy atom. The zero-order valence-electron chi connectivity index (χ0n) is 11.7. The average Bonchev–Trinajstić information content (AvgIpc) is 2.85. The number of para-hydroxylation sites is 1. The van der Waals surface area contributed by atoms with Crippen molar-refractivity contribution in [2.45, 2.75) is 26.4 Å². The van der Waals surface area contributed by atoms with Gasteiger partial charge in [0.25, 0.3) is 5.82 Å². The lowest BCUT2D eigenvalue weighted by Crippen LogP contribution is -2.22. The van der Waals surface area contributed by atoms with E-state index in [0.717, 1.165) is 0 Å². The van der Waals surface area contributed by atoms with Crippen LogP contribution in [0.2, 0.25) is 0 Å². The van der Waals surface area contributed by atoms with Crippen molar-refractivity contribution in [3.05, 3.63) is 42.0 Å². The number of nitrogens with zero attached hydrogens (tertiary/aromatic N) is 3. The molecule has 2 rings (SSSR count). The number of carbonyl (C=O) groups is 1. The van der Waals surface area contributed by atoms with Gasteiger partial charge in [-0.3, -0.25) is 0 Å². The summed E-state index contributed by atoms with van der Waals surface area (Å²) in [5.41, 5.74) is -0.513. The molecule has 1 N–H and O–H groups in total. The van der Waals surface area contributed by atoms with Gasteiger partial charge in [-0.25, -0.2) is 14.5 Å². The van der Waals surface area contributed by atoms with Crippen LogP contribution in [0, 0.1) is 0 Å². The van der Waals surface area contributed by atoms with Gasteiger partial charge in [0.05, 0.1) is 12.3 Å². The van der Waals surface area contributed by atoms with Gasteiger partial charge in [-0.1, -0.05) is 18.2 Å². The molecule has 0 fully saturated rings. The van der Waals surface area contributed by atoms with Crippen molar-refractivity contribution in [2.75, 3.05) is 6.61 Å². The van der Waals surface area contributed by atoms with Crippen molar-refractivity contribution in [3.63, 3.8) is 0 Å². The van der Waals surface area contributed by atoms with Crippen LogP contribution < -0.4 is 0 Å². The Kier molecular flexibility index (Phi) is 3.85. The molecule has 1 aromatic heterocycles. The van der Waals surface area contributed by atoms with Crippen LogP contribution in [0.4, 0.5) is 0 Å². The summed E-state index contributed by atoms with van der Waals surface area (Å²) in [6.07, 6.45) is 0. The number of aliphatic hydroxyl groups is 1. The number of rotatable bonds is 4. The molecule has 0 radical (unpaired) electrons. The Labute approximate surface area is 117 Å². The molecule has 0 saturated heterocycles. The second-order valence-electron chi connectivity index (χ2n) is 4.79. The second kappa shape index (κ2) is 5.42. The van der Waals surface area contributed by atoms with E-state index in [4.69, 9.17) is 4.74 Å². The van der Waals surface area contributed by atoms with Gasteiger partial charge in [-0.2, -0.15) is 0 Å². The molecule has 0 unspecified atom stereocenters. The summed E-state index contributed by atoms with van der Waals surface area (Å²) in [5.74, 6) is -0.382. The normalized spacial score (nSPS) is 11.4. The van der Waals surface area contributed by atoms with Crippen molar-refractivity contribution in [1.82, 2.24) is 14.8 Å². The van der Waals surface area contributed by atoms with Crippen molar-refractivity contribution < 1.29 is 14.6 Å². The third kappa shape index (κ3) is 2.85. The van der Waals surface area contributed by atoms with E-state index < -0.39 is 11.6 Å². The molecule has 0 atom stereocenters. The first-order chi connectivity index (χ1) is 9.43. The van der Waals surface area contributed by atoms with Crippen LogP contribution in [-0.4, -0.2) is 32.4 Å². The van der Waals surface area contributed by atoms with Gasteiger partial charge in [-0.15, -0.1) is 5.10 Å². The Morgan fingerprint density at radius 1 is 1.35 bits per heavy atom. The maximum atomic E-state index is 11.7. The maximum absolute atomic E-state index is 11.7. The van der Waals surface area contributed by atoms with Crippen molar-refractivity contribution in [3.8, 4) is 5.69 Å². The van der Waals surface area contributed by atoms with Gasteiger partial charge < -0.3 is 9.84 Å². The molecule has 106 valence electrons. The van der Waals surface area contributed by atoms with Crippen molar-refractivity contribution in [2.24, 2.45) is 0 Å². The molecule has 6 heteroatoms. The SMILES string of the molecule is CCOC(=O)c1nc(C(C)(C)O)n(-c2ccccc2)n1. The molecule has 2 aromatic rings. The smallest absolute Gasteiger partial charge is 0.378 e. The fourth-order valence-electron chi connectivity index (χ4n) is 1.74. The number of ether oxygens (including phenoxy) is 1. The minimum absolute atomic E-state index is 0.0622. The molecule has 20 heavy (non-hydrogen) atoms. The molecule has 0 bridgehead atoms. The molecular formula is C14H17N3O3. The highest BCUT2D eigenvalue weighted by molar-refractivity contribution is 5.85. The van der Waals surface area contributed by atoms with Gasteiger partial charge in [0.2, 0.25) is 0 Å². The Balaban J connectivity index is 2.52. The van der Waals surface area contributed by atoms with Crippen molar-refractivity contribution in [1.29, 1.82) is 0 Å². The molecule has 0 aliphatic carbocycles. The van der Waals surface area contributed by atoms with E-state index in [1.165, 1.54) is 4.68 Å². The monoisotopic (exact) mass is 275 g/mol. The van der Waals surface area contributed by atoms with Gasteiger partial charge >= 0.3 is 5.97 Å². The number of hydrogen-bond donors (Lipinski definition) is 1. The van der Waals surface area contributed by atoms with Gasteiger partial charge in [-0.05, 0) is 32.9 Å². The minimum atomic E-state index is -1.23. The van der Waals surface area contributed by atoms with E-state index >= 15 is 0 Å². The van der Waals surface area contributed by atoms with Crippen LogP contribution in [0.3, 0.4) is 0 Å². The summed E-state index contributed by atoms with van der Waals surface area (Å²) >= 11 is 0. The maximum Gasteiger partial charge on any atom is 0.378 e. The molecule has 1 heterocycles. The zero-order chi connectivity index (χ0) is 14.8. The average molecular weight is 275 g/mol. The number of benzene rings is 1. The second-order valence-corrected chi connectivity index (χ2v) is 4.79. The molecule has 1 aromatic carbocycles. The molecule has 0 amide bonds. The first-order valence-electron chi connectivity index (χ1n) is 6.36. The zero-order valence-corrected chi connectivity index (χ0v) is 11.7. The quantitative estimate of drug-likeness (QED) is 0.859. The number of carbonyl (C=O) groups excluding carboxylic acids is 1. The molecule has 6 nitrogen and oxygen atoms in total. The van der Waals surface area contributed by atoms with E-state index in [1.807, 2.05) is 30.3 Å². The lowest BCUT2D eigenvalue weighted by atomic mass is 10.1. The summed E-state index contributed by atoms with van der Waals surface area (Å²) in [4.78, 5) is 15.8. The van der Waals surface area contributed by atoms with Crippen LogP contribution in [0.1, 0.15) is 37.2 Å². The fraction of sp³-hybridized carbons (Fsp3) is 0.357.